The van der Waals surface area contributed by atoms with Gasteiger partial charge in [0.2, 0.25) is 0 Å². The molecule has 0 saturated heterocycles. The van der Waals surface area contributed by atoms with E-state index in [1.807, 2.05) is 35.0 Å². The smallest absolute Gasteiger partial charge is 0.274 e. The number of benzene rings is 2. The van der Waals surface area contributed by atoms with Crippen LogP contribution >= 0.6 is 0 Å². The number of aromatic nitrogens is 1. The van der Waals surface area contributed by atoms with Gasteiger partial charge >= 0.3 is 0 Å². The molecule has 0 amide bonds. The Morgan fingerprint density at radius 2 is 1.81 bits per heavy atom. The molecular formula is C16H14N2O3. The van der Waals surface area contributed by atoms with E-state index in [2.05, 4.69) is 0 Å². The second-order valence-electron chi connectivity index (χ2n) is 4.84. The third-order valence-corrected chi connectivity index (χ3v) is 3.60. The molecule has 21 heavy (non-hydrogen) atoms. The zero-order valence-electron chi connectivity index (χ0n) is 11.3. The molecule has 2 aromatic carbocycles. The van der Waals surface area contributed by atoms with Crippen molar-refractivity contribution in [1.29, 1.82) is 0 Å². The lowest BCUT2D eigenvalue weighted by atomic mass is 10.1. The molecule has 0 saturated carbocycles. The van der Waals surface area contributed by atoms with E-state index < -0.39 is 0 Å². The van der Waals surface area contributed by atoms with Crippen LogP contribution < -0.4 is 0 Å². The van der Waals surface area contributed by atoms with Crippen LogP contribution in [0.25, 0.3) is 10.9 Å². The number of aliphatic hydroxyl groups is 1. The van der Waals surface area contributed by atoms with Crippen molar-refractivity contribution >= 4 is 16.6 Å². The highest BCUT2D eigenvalue weighted by atomic mass is 16.6. The van der Waals surface area contributed by atoms with E-state index in [9.17, 15) is 15.2 Å². The molecule has 0 radical (unpaired) electrons. The minimum absolute atomic E-state index is 0.0210. The number of nitrogens with zero attached hydrogens (tertiary/aromatic N) is 2. The third kappa shape index (κ3) is 2.39. The Bertz CT molecular complexity index is 808. The van der Waals surface area contributed by atoms with Crippen LogP contribution in [0.4, 0.5) is 5.69 Å². The second kappa shape index (κ2) is 5.38. The van der Waals surface area contributed by atoms with Gasteiger partial charge in [-0.2, -0.15) is 0 Å². The first-order valence-electron chi connectivity index (χ1n) is 6.60. The van der Waals surface area contributed by atoms with Gasteiger partial charge in [-0.3, -0.25) is 10.1 Å². The molecule has 5 nitrogen and oxygen atoms in total. The van der Waals surface area contributed by atoms with Gasteiger partial charge in [-0.25, -0.2) is 0 Å². The van der Waals surface area contributed by atoms with Crippen molar-refractivity contribution < 1.29 is 10.0 Å². The number of para-hydroxylation sites is 1. The number of hydrogen-bond acceptors (Lipinski definition) is 3. The lowest BCUT2D eigenvalue weighted by molar-refractivity contribution is -0.385. The summed E-state index contributed by atoms with van der Waals surface area (Å²) in [5.74, 6) is 0. The van der Waals surface area contributed by atoms with E-state index >= 15 is 0 Å². The monoisotopic (exact) mass is 282 g/mol. The van der Waals surface area contributed by atoms with E-state index in [1.54, 1.807) is 18.2 Å². The maximum Gasteiger partial charge on any atom is 0.274 e. The van der Waals surface area contributed by atoms with E-state index in [4.69, 9.17) is 0 Å². The molecular weight excluding hydrogens is 268 g/mol. The highest BCUT2D eigenvalue weighted by Gasteiger charge is 2.13. The fourth-order valence-electron chi connectivity index (χ4n) is 2.57. The largest absolute Gasteiger partial charge is 0.392 e. The lowest BCUT2D eigenvalue weighted by Crippen LogP contribution is -2.02. The SMILES string of the molecule is O=[N+]([O-])c1ccccc1Cn1ccc2c(CO)cccc21. The lowest BCUT2D eigenvalue weighted by Gasteiger charge is -2.07. The Kier molecular flexibility index (Phi) is 3.41. The zero-order chi connectivity index (χ0) is 14.8. The zero-order valence-corrected chi connectivity index (χ0v) is 11.3. The van der Waals surface area contributed by atoms with Crippen LogP contribution in [0.1, 0.15) is 11.1 Å². The Balaban J connectivity index is 2.05. The molecule has 3 rings (SSSR count). The molecule has 0 spiro atoms. The molecule has 1 heterocycles. The Labute approximate surface area is 121 Å². The van der Waals surface area contributed by atoms with Crippen LogP contribution in [0.5, 0.6) is 0 Å². The molecule has 5 heteroatoms. The number of nitro benzene ring substituents is 1. The normalized spacial score (nSPS) is 10.9. The van der Waals surface area contributed by atoms with Crippen LogP contribution in [0, 0.1) is 10.1 Å². The van der Waals surface area contributed by atoms with Gasteiger partial charge in [0.1, 0.15) is 0 Å². The van der Waals surface area contributed by atoms with Gasteiger partial charge in [0.05, 0.1) is 18.1 Å². The van der Waals surface area contributed by atoms with E-state index in [1.165, 1.54) is 6.07 Å². The molecule has 1 aromatic heterocycles. The average Bonchev–Trinajstić information content (AvgIpc) is 2.91. The Morgan fingerprint density at radius 3 is 2.57 bits per heavy atom. The molecule has 0 aliphatic carbocycles. The molecule has 0 unspecified atom stereocenters. The van der Waals surface area contributed by atoms with Gasteiger partial charge < -0.3 is 9.67 Å². The van der Waals surface area contributed by atoms with Gasteiger partial charge in [0.25, 0.3) is 5.69 Å². The van der Waals surface area contributed by atoms with E-state index in [0.29, 0.717) is 12.1 Å². The molecule has 1 N–H and O–H groups in total. The fraction of sp³-hybridized carbons (Fsp3) is 0.125. The van der Waals surface area contributed by atoms with Gasteiger partial charge in [0.15, 0.2) is 0 Å². The predicted molar refractivity (Wildman–Crippen MR) is 80.1 cm³/mol. The first-order valence-corrected chi connectivity index (χ1v) is 6.60. The summed E-state index contributed by atoms with van der Waals surface area (Å²) in [4.78, 5) is 10.7. The maximum absolute atomic E-state index is 11.1. The molecule has 0 atom stereocenters. The predicted octanol–water partition coefficient (Wildman–Crippen LogP) is 3.09. The number of nitro groups is 1. The number of hydrogen-bond donors (Lipinski definition) is 1. The van der Waals surface area contributed by atoms with E-state index in [-0.39, 0.29) is 17.2 Å². The van der Waals surface area contributed by atoms with Crippen LogP contribution in [0.15, 0.2) is 54.7 Å². The van der Waals surface area contributed by atoms with Crippen molar-refractivity contribution in [2.45, 2.75) is 13.2 Å². The Morgan fingerprint density at radius 1 is 1.05 bits per heavy atom. The molecule has 0 bridgehead atoms. The summed E-state index contributed by atoms with van der Waals surface area (Å²) >= 11 is 0. The van der Waals surface area contributed by atoms with Crippen LogP contribution in [-0.4, -0.2) is 14.6 Å². The van der Waals surface area contributed by atoms with Crippen LogP contribution in [-0.2, 0) is 13.2 Å². The molecule has 0 aliphatic heterocycles. The summed E-state index contributed by atoms with van der Waals surface area (Å²) in [6, 6.07) is 14.4. The van der Waals surface area contributed by atoms with Crippen LogP contribution in [0.2, 0.25) is 0 Å². The van der Waals surface area contributed by atoms with Crippen molar-refractivity contribution in [2.75, 3.05) is 0 Å². The fourth-order valence-corrected chi connectivity index (χ4v) is 2.57. The molecule has 106 valence electrons. The van der Waals surface area contributed by atoms with Gasteiger partial charge in [0, 0.05) is 28.7 Å². The molecule has 0 fully saturated rings. The number of aliphatic hydroxyl groups excluding tert-OH is 1. The van der Waals surface area contributed by atoms with Crippen molar-refractivity contribution in [3.63, 3.8) is 0 Å². The van der Waals surface area contributed by atoms with Crippen molar-refractivity contribution in [2.24, 2.45) is 0 Å². The first kappa shape index (κ1) is 13.3. The minimum atomic E-state index is -0.361. The Hall–Kier alpha value is -2.66. The summed E-state index contributed by atoms with van der Waals surface area (Å²) in [5, 5.41) is 21.4. The van der Waals surface area contributed by atoms with Gasteiger partial charge in [-0.05, 0) is 17.7 Å². The minimum Gasteiger partial charge on any atom is -0.392 e. The van der Waals surface area contributed by atoms with Crippen molar-refractivity contribution in [3.05, 3.63) is 76.0 Å². The van der Waals surface area contributed by atoms with E-state index in [0.717, 1.165) is 16.5 Å². The van der Waals surface area contributed by atoms with Gasteiger partial charge in [-0.1, -0.05) is 30.3 Å². The van der Waals surface area contributed by atoms with Crippen molar-refractivity contribution in [3.8, 4) is 0 Å². The standard InChI is InChI=1S/C16H14N2O3/c19-11-13-5-3-7-16-14(13)8-9-17(16)10-12-4-1-2-6-15(12)18(20)21/h1-9,19H,10-11H2. The van der Waals surface area contributed by atoms with Crippen LogP contribution in [0.3, 0.4) is 0 Å². The molecule has 3 aromatic rings. The average molecular weight is 282 g/mol. The third-order valence-electron chi connectivity index (χ3n) is 3.60. The highest BCUT2D eigenvalue weighted by molar-refractivity contribution is 5.83. The number of fused-ring (bicyclic) bond motifs is 1. The second-order valence-corrected chi connectivity index (χ2v) is 4.84. The highest BCUT2D eigenvalue weighted by Crippen LogP contribution is 2.24. The summed E-state index contributed by atoms with van der Waals surface area (Å²) in [5.41, 5.74) is 2.60. The molecule has 0 aliphatic rings. The topological polar surface area (TPSA) is 68.3 Å². The summed E-state index contributed by atoms with van der Waals surface area (Å²) in [6.45, 7) is 0.405. The van der Waals surface area contributed by atoms with Crippen molar-refractivity contribution in [1.82, 2.24) is 4.57 Å². The maximum atomic E-state index is 11.1. The summed E-state index contributed by atoms with van der Waals surface area (Å²) < 4.78 is 1.96. The van der Waals surface area contributed by atoms with Gasteiger partial charge in [-0.15, -0.1) is 0 Å². The number of rotatable bonds is 4. The quantitative estimate of drug-likeness (QED) is 0.590. The summed E-state index contributed by atoms with van der Waals surface area (Å²) in [7, 11) is 0. The first-order chi connectivity index (χ1) is 10.2. The summed E-state index contributed by atoms with van der Waals surface area (Å²) in [6.07, 6.45) is 1.89.